The fourth-order valence-corrected chi connectivity index (χ4v) is 2.46. The van der Waals surface area contributed by atoms with Crippen LogP contribution in [0.15, 0.2) is 42.5 Å². The molecule has 0 aliphatic rings. The van der Waals surface area contributed by atoms with Crippen molar-refractivity contribution in [2.75, 3.05) is 11.5 Å². The van der Waals surface area contributed by atoms with Gasteiger partial charge in [0.1, 0.15) is 5.82 Å². The van der Waals surface area contributed by atoms with Crippen LogP contribution in [0.25, 0.3) is 22.0 Å². The van der Waals surface area contributed by atoms with Gasteiger partial charge >= 0.3 is 0 Å². The van der Waals surface area contributed by atoms with Gasteiger partial charge in [0.25, 0.3) is 0 Å². The molecule has 0 spiro atoms. The van der Waals surface area contributed by atoms with Gasteiger partial charge in [-0.2, -0.15) is 4.98 Å². The first-order valence-electron chi connectivity index (χ1n) is 5.73. The molecule has 3 rings (SSSR count). The summed E-state index contributed by atoms with van der Waals surface area (Å²) in [5, 5.41) is 0.845. The van der Waals surface area contributed by atoms with Crippen molar-refractivity contribution >= 4 is 45.3 Å². The van der Waals surface area contributed by atoms with E-state index >= 15 is 0 Å². The van der Waals surface area contributed by atoms with Crippen LogP contribution in [0.3, 0.4) is 0 Å². The predicted molar refractivity (Wildman–Crippen MR) is 86.5 cm³/mol. The number of hydrogen-bond donors (Lipinski definition) is 2. The smallest absolute Gasteiger partial charge is 0.222 e. The number of nitrogens with two attached hydrogens (primary N) is 2. The van der Waals surface area contributed by atoms with Gasteiger partial charge in [0.15, 0.2) is 0 Å². The van der Waals surface area contributed by atoms with Gasteiger partial charge < -0.3 is 11.5 Å². The number of anilines is 2. The van der Waals surface area contributed by atoms with E-state index in [0.29, 0.717) is 5.82 Å². The first-order valence-corrected chi connectivity index (χ1v) is 6.80. The number of hydrogen-bond acceptors (Lipinski definition) is 4. The summed E-state index contributed by atoms with van der Waals surface area (Å²) in [7, 11) is 0. The largest absolute Gasteiger partial charge is 0.383 e. The van der Waals surface area contributed by atoms with Crippen molar-refractivity contribution in [3.8, 4) is 11.1 Å². The van der Waals surface area contributed by atoms with Crippen molar-refractivity contribution in [2.45, 2.75) is 0 Å². The lowest BCUT2D eigenvalue weighted by atomic mass is 10.0. The molecule has 19 heavy (non-hydrogen) atoms. The van der Waals surface area contributed by atoms with Crippen LogP contribution < -0.4 is 11.5 Å². The van der Waals surface area contributed by atoms with Crippen LogP contribution in [0.1, 0.15) is 0 Å². The molecular weight excluding hydrogens is 351 g/mol. The van der Waals surface area contributed by atoms with E-state index in [9.17, 15) is 0 Å². The molecule has 0 bridgehead atoms. The molecule has 0 fully saturated rings. The third-order valence-electron chi connectivity index (χ3n) is 2.92. The molecule has 0 saturated heterocycles. The summed E-state index contributed by atoms with van der Waals surface area (Å²) in [6, 6.07) is 14.1. The summed E-state index contributed by atoms with van der Waals surface area (Å²) in [6.45, 7) is 0. The molecule has 3 aromatic rings. The third-order valence-corrected chi connectivity index (χ3v) is 3.64. The lowest BCUT2D eigenvalue weighted by molar-refractivity contribution is 1.25. The zero-order chi connectivity index (χ0) is 13.4. The van der Waals surface area contributed by atoms with Gasteiger partial charge in [-0.1, -0.05) is 24.3 Å². The first kappa shape index (κ1) is 12.2. The fourth-order valence-electron chi connectivity index (χ4n) is 2.10. The molecule has 5 heteroatoms. The Kier molecular flexibility index (Phi) is 2.98. The number of benzene rings is 2. The average molecular weight is 362 g/mol. The number of aromatic nitrogens is 2. The van der Waals surface area contributed by atoms with Crippen LogP contribution in [0.2, 0.25) is 0 Å². The van der Waals surface area contributed by atoms with E-state index < -0.39 is 0 Å². The molecule has 0 radical (unpaired) electrons. The van der Waals surface area contributed by atoms with Crippen molar-refractivity contribution in [3.63, 3.8) is 0 Å². The quantitative estimate of drug-likeness (QED) is 0.653. The number of nitrogen functional groups attached to an aromatic ring is 2. The number of nitrogens with zero attached hydrogens (tertiary/aromatic N) is 2. The summed E-state index contributed by atoms with van der Waals surface area (Å²) in [4.78, 5) is 8.27. The van der Waals surface area contributed by atoms with E-state index in [1.54, 1.807) is 0 Å². The summed E-state index contributed by atoms with van der Waals surface area (Å²) in [6.07, 6.45) is 0. The predicted octanol–water partition coefficient (Wildman–Crippen LogP) is 3.07. The summed E-state index contributed by atoms with van der Waals surface area (Å²) in [5.41, 5.74) is 14.5. The van der Waals surface area contributed by atoms with Gasteiger partial charge in [-0.05, 0) is 51.9 Å². The van der Waals surface area contributed by atoms with Crippen LogP contribution in [-0.2, 0) is 0 Å². The Bertz CT molecular complexity index is 753. The molecule has 4 N–H and O–H groups in total. The van der Waals surface area contributed by atoms with Gasteiger partial charge in [0.05, 0.1) is 10.9 Å². The highest BCUT2D eigenvalue weighted by Gasteiger charge is 2.09. The molecule has 2 aromatic carbocycles. The lowest BCUT2D eigenvalue weighted by Crippen LogP contribution is -2.01. The van der Waals surface area contributed by atoms with Crippen LogP contribution in [0, 0.1) is 3.57 Å². The van der Waals surface area contributed by atoms with Crippen molar-refractivity contribution in [3.05, 3.63) is 46.0 Å². The molecule has 0 saturated carbocycles. The van der Waals surface area contributed by atoms with Crippen molar-refractivity contribution < 1.29 is 0 Å². The van der Waals surface area contributed by atoms with Crippen LogP contribution in [0.5, 0.6) is 0 Å². The highest BCUT2D eigenvalue weighted by molar-refractivity contribution is 14.1. The van der Waals surface area contributed by atoms with Gasteiger partial charge in [-0.3, -0.25) is 0 Å². The third kappa shape index (κ3) is 2.21. The van der Waals surface area contributed by atoms with Gasteiger partial charge in [0, 0.05) is 3.57 Å². The molecule has 1 aromatic heterocycles. The van der Waals surface area contributed by atoms with Gasteiger partial charge in [0.2, 0.25) is 5.95 Å². The highest BCUT2D eigenvalue weighted by atomic mass is 127. The minimum Gasteiger partial charge on any atom is -0.383 e. The van der Waals surface area contributed by atoms with Crippen molar-refractivity contribution in [1.29, 1.82) is 0 Å². The standard InChI is InChI=1S/C14H11IN4/c15-9-6-4-8(5-7-9)10-2-1-3-11-12(10)13(16)19-14(17)18-11/h1-7H,(H4,16,17,18,19). The maximum absolute atomic E-state index is 5.99. The van der Waals surface area contributed by atoms with E-state index in [4.69, 9.17) is 11.5 Å². The van der Waals surface area contributed by atoms with Crippen molar-refractivity contribution in [1.82, 2.24) is 9.97 Å². The highest BCUT2D eigenvalue weighted by Crippen LogP contribution is 2.31. The maximum atomic E-state index is 5.99. The summed E-state index contributed by atoms with van der Waals surface area (Å²) >= 11 is 2.28. The van der Waals surface area contributed by atoms with Crippen LogP contribution >= 0.6 is 22.6 Å². The lowest BCUT2D eigenvalue weighted by Gasteiger charge is -2.09. The molecule has 94 valence electrons. The zero-order valence-electron chi connectivity index (χ0n) is 9.97. The Labute approximate surface area is 124 Å². The Morgan fingerprint density at radius 2 is 1.63 bits per heavy atom. The van der Waals surface area contributed by atoms with Crippen LogP contribution in [-0.4, -0.2) is 9.97 Å². The van der Waals surface area contributed by atoms with E-state index in [1.807, 2.05) is 18.2 Å². The Hall–Kier alpha value is -1.89. The molecule has 0 atom stereocenters. The average Bonchev–Trinajstić information content (AvgIpc) is 2.38. The van der Waals surface area contributed by atoms with E-state index in [1.165, 1.54) is 3.57 Å². The SMILES string of the molecule is Nc1nc(N)c2c(-c3ccc(I)cc3)cccc2n1. The monoisotopic (exact) mass is 362 g/mol. The Morgan fingerprint density at radius 1 is 0.895 bits per heavy atom. The van der Waals surface area contributed by atoms with Gasteiger partial charge in [-0.15, -0.1) is 0 Å². The first-order chi connectivity index (χ1) is 9.15. The Balaban J connectivity index is 2.32. The minimum absolute atomic E-state index is 0.199. The zero-order valence-corrected chi connectivity index (χ0v) is 12.1. The van der Waals surface area contributed by atoms with Crippen LogP contribution in [0.4, 0.5) is 11.8 Å². The number of rotatable bonds is 1. The van der Waals surface area contributed by atoms with E-state index in [0.717, 1.165) is 22.0 Å². The second-order valence-electron chi connectivity index (χ2n) is 4.17. The maximum Gasteiger partial charge on any atom is 0.222 e. The van der Waals surface area contributed by atoms with Gasteiger partial charge in [-0.25, -0.2) is 4.98 Å². The molecule has 0 aliphatic carbocycles. The number of fused-ring (bicyclic) bond motifs is 1. The van der Waals surface area contributed by atoms with E-state index in [-0.39, 0.29) is 5.95 Å². The number of halogens is 1. The van der Waals surface area contributed by atoms with E-state index in [2.05, 4.69) is 56.8 Å². The topological polar surface area (TPSA) is 77.8 Å². The van der Waals surface area contributed by atoms with Crippen molar-refractivity contribution in [2.24, 2.45) is 0 Å². The molecule has 0 aliphatic heterocycles. The molecule has 1 heterocycles. The molecule has 0 unspecified atom stereocenters. The fraction of sp³-hybridized carbons (Fsp3) is 0. The molecule has 0 amide bonds. The minimum atomic E-state index is 0.199. The summed E-state index contributed by atoms with van der Waals surface area (Å²) < 4.78 is 1.19. The Morgan fingerprint density at radius 3 is 2.37 bits per heavy atom. The summed E-state index contributed by atoms with van der Waals surface area (Å²) in [5.74, 6) is 0.612. The molecular formula is C14H11IN4. The molecule has 4 nitrogen and oxygen atoms in total. The second kappa shape index (κ2) is 4.65. The normalized spacial score (nSPS) is 10.8. The second-order valence-corrected chi connectivity index (χ2v) is 5.42.